The van der Waals surface area contributed by atoms with Crippen molar-refractivity contribution in [3.63, 3.8) is 0 Å². The van der Waals surface area contributed by atoms with Gasteiger partial charge in [-0.2, -0.15) is 0 Å². The van der Waals surface area contributed by atoms with Gasteiger partial charge in [-0.3, -0.25) is 4.90 Å². The fourth-order valence-corrected chi connectivity index (χ4v) is 4.41. The van der Waals surface area contributed by atoms with Crippen LogP contribution in [-0.2, 0) is 13.1 Å². The molecular formula is C24H44N4O4. The Morgan fingerprint density at radius 3 is 2.28 bits per heavy atom. The van der Waals surface area contributed by atoms with Crippen molar-refractivity contribution in [3.8, 4) is 0 Å². The molecule has 32 heavy (non-hydrogen) atoms. The Morgan fingerprint density at radius 1 is 0.938 bits per heavy atom. The molecular weight excluding hydrogens is 408 g/mol. The molecule has 0 amide bonds. The van der Waals surface area contributed by atoms with Crippen LogP contribution >= 0.6 is 0 Å². The lowest BCUT2D eigenvalue weighted by Crippen LogP contribution is -2.62. The molecule has 1 aromatic carbocycles. The van der Waals surface area contributed by atoms with E-state index in [9.17, 15) is 20.4 Å². The highest BCUT2D eigenvalue weighted by molar-refractivity contribution is 5.52. The summed E-state index contributed by atoms with van der Waals surface area (Å²) in [5.41, 5.74) is 3.83. The summed E-state index contributed by atoms with van der Waals surface area (Å²) in [7, 11) is 8.34. The quantitative estimate of drug-likeness (QED) is 0.277. The van der Waals surface area contributed by atoms with Crippen LogP contribution in [0.15, 0.2) is 18.2 Å². The van der Waals surface area contributed by atoms with Crippen molar-refractivity contribution in [1.82, 2.24) is 14.7 Å². The van der Waals surface area contributed by atoms with E-state index in [0.29, 0.717) is 6.54 Å². The zero-order valence-electron chi connectivity index (χ0n) is 20.2. The summed E-state index contributed by atoms with van der Waals surface area (Å²) in [4.78, 5) is 6.26. The molecule has 0 aromatic heterocycles. The number of nitrogens with one attached hydrogen (secondary N) is 1. The lowest BCUT2D eigenvalue weighted by molar-refractivity contribution is -0.145. The minimum atomic E-state index is -1.19. The summed E-state index contributed by atoms with van der Waals surface area (Å²) in [5, 5.41) is 42.9. The Labute approximate surface area is 193 Å². The normalized spacial score (nSPS) is 24.4. The number of benzene rings is 1. The maximum atomic E-state index is 10.1. The average Bonchev–Trinajstić information content (AvgIpc) is 2.72. The SMILES string of the molecule is CN(C)Cc1ccc(NCCCCCCN2C[C@H](O)[C@@H](O)[C@H](O)[C@H]2CO)c(CN(C)C)c1. The summed E-state index contributed by atoms with van der Waals surface area (Å²) in [6, 6.07) is 6.16. The van der Waals surface area contributed by atoms with E-state index in [0.717, 1.165) is 45.3 Å². The number of nitrogens with zero attached hydrogens (tertiary/aromatic N) is 3. The van der Waals surface area contributed by atoms with Crippen LogP contribution in [0.5, 0.6) is 0 Å². The van der Waals surface area contributed by atoms with Crippen molar-refractivity contribution in [3.05, 3.63) is 29.3 Å². The van der Waals surface area contributed by atoms with Crippen molar-refractivity contribution < 1.29 is 20.4 Å². The topological polar surface area (TPSA) is 103 Å². The molecule has 1 heterocycles. The third kappa shape index (κ3) is 8.26. The molecule has 5 N–H and O–H groups in total. The van der Waals surface area contributed by atoms with Crippen molar-refractivity contribution in [2.24, 2.45) is 0 Å². The van der Waals surface area contributed by atoms with Gasteiger partial charge in [-0.15, -0.1) is 0 Å². The van der Waals surface area contributed by atoms with E-state index in [1.165, 1.54) is 16.8 Å². The first-order chi connectivity index (χ1) is 15.2. The van der Waals surface area contributed by atoms with Crippen LogP contribution in [0.4, 0.5) is 5.69 Å². The summed E-state index contributed by atoms with van der Waals surface area (Å²) >= 11 is 0. The Balaban J connectivity index is 1.73. The van der Waals surface area contributed by atoms with Gasteiger partial charge in [0.05, 0.1) is 18.8 Å². The van der Waals surface area contributed by atoms with Crippen LogP contribution in [0.2, 0.25) is 0 Å². The van der Waals surface area contributed by atoms with Gasteiger partial charge in [0, 0.05) is 31.9 Å². The highest BCUT2D eigenvalue weighted by Crippen LogP contribution is 2.21. The Kier molecular flexibility index (Phi) is 11.3. The van der Waals surface area contributed by atoms with Gasteiger partial charge in [0.1, 0.15) is 12.2 Å². The standard InChI is InChI=1S/C24H44N4O4/c1-26(2)14-18-9-10-20(19(13-18)15-27(3)4)25-11-7-5-6-8-12-28-16-22(30)24(32)23(31)21(28)17-29/h9-10,13,21-25,29-32H,5-8,11-12,14-17H2,1-4H3/t21-,22+,23-,24-/m1/s1. The van der Waals surface area contributed by atoms with Crippen LogP contribution in [0.3, 0.4) is 0 Å². The van der Waals surface area contributed by atoms with Crippen LogP contribution in [0, 0.1) is 0 Å². The number of hydrogen-bond acceptors (Lipinski definition) is 8. The Bertz CT molecular complexity index is 673. The van der Waals surface area contributed by atoms with Gasteiger partial charge in [0.25, 0.3) is 0 Å². The fraction of sp³-hybridized carbons (Fsp3) is 0.750. The molecule has 0 spiro atoms. The van der Waals surface area contributed by atoms with Gasteiger partial charge in [-0.1, -0.05) is 25.0 Å². The summed E-state index contributed by atoms with van der Waals surface area (Å²) in [6.07, 6.45) is 0.831. The smallest absolute Gasteiger partial charge is 0.109 e. The van der Waals surface area contributed by atoms with E-state index in [4.69, 9.17) is 0 Å². The zero-order chi connectivity index (χ0) is 23.7. The summed E-state index contributed by atoms with van der Waals surface area (Å²) < 4.78 is 0. The summed E-state index contributed by atoms with van der Waals surface area (Å²) in [5.74, 6) is 0. The van der Waals surface area contributed by atoms with E-state index in [1.807, 2.05) is 4.90 Å². The van der Waals surface area contributed by atoms with Crippen LogP contribution in [0.1, 0.15) is 36.8 Å². The zero-order valence-corrected chi connectivity index (χ0v) is 20.2. The molecule has 0 radical (unpaired) electrons. The second-order valence-electron chi connectivity index (χ2n) is 9.60. The predicted molar refractivity (Wildman–Crippen MR) is 129 cm³/mol. The first-order valence-electron chi connectivity index (χ1n) is 11.8. The number of unbranched alkanes of at least 4 members (excludes halogenated alkanes) is 3. The number of piperidine rings is 1. The fourth-order valence-electron chi connectivity index (χ4n) is 4.41. The van der Waals surface area contributed by atoms with Gasteiger partial charge in [-0.05, 0) is 64.8 Å². The molecule has 0 bridgehead atoms. The molecule has 2 rings (SSSR count). The van der Waals surface area contributed by atoms with E-state index >= 15 is 0 Å². The maximum absolute atomic E-state index is 10.1. The summed E-state index contributed by atoms with van der Waals surface area (Å²) in [6.45, 7) is 3.50. The van der Waals surface area contributed by atoms with Gasteiger partial charge < -0.3 is 35.5 Å². The van der Waals surface area contributed by atoms with Crippen LogP contribution in [-0.4, -0.2) is 114 Å². The van der Waals surface area contributed by atoms with Gasteiger partial charge in [-0.25, -0.2) is 0 Å². The van der Waals surface area contributed by atoms with Gasteiger partial charge >= 0.3 is 0 Å². The third-order valence-corrected chi connectivity index (χ3v) is 6.06. The van der Waals surface area contributed by atoms with Crippen molar-refractivity contribution >= 4 is 5.69 Å². The molecule has 0 saturated carbocycles. The first kappa shape index (κ1) is 27.0. The number of rotatable bonds is 13. The molecule has 8 heteroatoms. The predicted octanol–water partition coefficient (Wildman–Crippen LogP) is 0.541. The highest BCUT2D eigenvalue weighted by atomic mass is 16.4. The number of β-amino-alcohol motifs (C(OH)–C–C–N with tert-alkyl or cyclic N) is 1. The maximum Gasteiger partial charge on any atom is 0.109 e. The second-order valence-corrected chi connectivity index (χ2v) is 9.60. The molecule has 1 aliphatic heterocycles. The molecule has 0 aliphatic carbocycles. The number of hydrogen-bond donors (Lipinski definition) is 5. The van der Waals surface area contributed by atoms with E-state index < -0.39 is 24.4 Å². The van der Waals surface area contributed by atoms with E-state index in [-0.39, 0.29) is 13.2 Å². The highest BCUT2D eigenvalue weighted by Gasteiger charge is 2.40. The molecule has 184 valence electrons. The molecule has 8 nitrogen and oxygen atoms in total. The van der Waals surface area contributed by atoms with Gasteiger partial charge in [0.15, 0.2) is 0 Å². The van der Waals surface area contributed by atoms with Crippen LogP contribution < -0.4 is 5.32 Å². The van der Waals surface area contributed by atoms with E-state index in [1.54, 1.807) is 0 Å². The lowest BCUT2D eigenvalue weighted by atomic mass is 9.94. The molecule has 0 unspecified atom stereocenters. The first-order valence-corrected chi connectivity index (χ1v) is 11.8. The minimum Gasteiger partial charge on any atom is -0.395 e. The number of aliphatic hydroxyl groups is 4. The number of anilines is 1. The van der Waals surface area contributed by atoms with Gasteiger partial charge in [0.2, 0.25) is 0 Å². The van der Waals surface area contributed by atoms with E-state index in [2.05, 4.69) is 61.5 Å². The van der Waals surface area contributed by atoms with Crippen molar-refractivity contribution in [2.45, 2.75) is 63.1 Å². The molecule has 4 atom stereocenters. The largest absolute Gasteiger partial charge is 0.395 e. The number of aliphatic hydroxyl groups excluding tert-OH is 4. The minimum absolute atomic E-state index is 0.225. The monoisotopic (exact) mass is 452 g/mol. The van der Waals surface area contributed by atoms with Crippen LogP contribution in [0.25, 0.3) is 0 Å². The molecule has 1 saturated heterocycles. The number of likely N-dealkylation sites (tertiary alicyclic amines) is 1. The van der Waals surface area contributed by atoms with Crippen molar-refractivity contribution in [2.75, 3.05) is 59.7 Å². The Morgan fingerprint density at radius 2 is 1.62 bits per heavy atom. The van der Waals surface area contributed by atoms with Crippen molar-refractivity contribution in [1.29, 1.82) is 0 Å². The lowest BCUT2D eigenvalue weighted by Gasteiger charge is -2.43. The molecule has 1 fully saturated rings. The third-order valence-electron chi connectivity index (χ3n) is 6.06. The second kappa shape index (κ2) is 13.4. The molecule has 1 aromatic rings. The Hall–Kier alpha value is -1.26. The molecule has 1 aliphatic rings. The average molecular weight is 453 g/mol.